The van der Waals surface area contributed by atoms with Gasteiger partial charge in [0.25, 0.3) is 0 Å². The Morgan fingerprint density at radius 2 is 2.36 bits per heavy atom. The maximum Gasteiger partial charge on any atom is 0.339 e. The number of halogens is 1. The zero-order valence-corrected chi connectivity index (χ0v) is 8.12. The van der Waals surface area contributed by atoms with Crippen LogP contribution in [0.15, 0.2) is 18.5 Å². The van der Waals surface area contributed by atoms with Gasteiger partial charge in [0.2, 0.25) is 0 Å². The highest BCUT2D eigenvalue weighted by molar-refractivity contribution is 6.35. The number of aromatic nitrogens is 2. The van der Waals surface area contributed by atoms with Crippen LogP contribution in [0.3, 0.4) is 0 Å². The normalized spacial score (nSPS) is 10.7. The summed E-state index contributed by atoms with van der Waals surface area (Å²) < 4.78 is 1.66. The fraction of sp³-hybridized carbons (Fsp3) is 0.111. The van der Waals surface area contributed by atoms with Gasteiger partial charge < -0.3 is 9.67 Å². The van der Waals surface area contributed by atoms with Crippen molar-refractivity contribution in [3.63, 3.8) is 0 Å². The molecule has 2 heterocycles. The topological polar surface area (TPSA) is 55.1 Å². The number of carboxylic acid groups (broad SMARTS) is 1. The Bertz CT molecular complexity index is 519. The molecule has 0 aliphatic heterocycles. The average molecular weight is 211 g/mol. The lowest BCUT2D eigenvalue weighted by Gasteiger charge is -1.96. The van der Waals surface area contributed by atoms with Gasteiger partial charge in [0.05, 0.1) is 10.5 Å². The molecule has 0 aliphatic carbocycles. The van der Waals surface area contributed by atoms with Crippen molar-refractivity contribution in [1.29, 1.82) is 0 Å². The molecule has 0 radical (unpaired) electrons. The number of nitrogens with zero attached hydrogens (tertiary/aromatic N) is 2. The fourth-order valence-corrected chi connectivity index (χ4v) is 1.72. The zero-order valence-electron chi connectivity index (χ0n) is 7.36. The quantitative estimate of drug-likeness (QED) is 0.783. The molecule has 14 heavy (non-hydrogen) atoms. The van der Waals surface area contributed by atoms with Gasteiger partial charge in [0, 0.05) is 19.4 Å². The summed E-state index contributed by atoms with van der Waals surface area (Å²) in [7, 11) is 1.74. The molecule has 0 unspecified atom stereocenters. The number of hydrogen-bond acceptors (Lipinski definition) is 2. The molecule has 0 amide bonds. The minimum Gasteiger partial charge on any atom is -0.478 e. The SMILES string of the molecule is Cn1cc(C(=O)O)c2nccc(Cl)c21. The molecular formula is C9H7ClN2O2. The standard InChI is InChI=1S/C9H7ClN2O2/c1-12-4-5(9(13)14)7-8(12)6(10)2-3-11-7/h2-4H,1H3,(H,13,14). The van der Waals surface area contributed by atoms with Crippen LogP contribution in [0.5, 0.6) is 0 Å². The highest BCUT2D eigenvalue weighted by Crippen LogP contribution is 2.25. The predicted octanol–water partition coefficient (Wildman–Crippen LogP) is 1.92. The Kier molecular flexibility index (Phi) is 1.93. The van der Waals surface area contributed by atoms with Gasteiger partial charge in [-0.25, -0.2) is 4.79 Å². The number of aryl methyl sites for hydroxylation is 1. The predicted molar refractivity (Wildman–Crippen MR) is 52.7 cm³/mol. The second kappa shape index (κ2) is 2.99. The third kappa shape index (κ3) is 1.15. The van der Waals surface area contributed by atoms with Crippen LogP contribution in [0.2, 0.25) is 5.02 Å². The van der Waals surface area contributed by atoms with E-state index >= 15 is 0 Å². The van der Waals surface area contributed by atoms with Gasteiger partial charge in [-0.15, -0.1) is 0 Å². The molecule has 4 nitrogen and oxygen atoms in total. The maximum atomic E-state index is 10.8. The Labute approximate surface area is 84.7 Å². The first-order valence-corrected chi connectivity index (χ1v) is 4.32. The van der Waals surface area contributed by atoms with E-state index in [-0.39, 0.29) is 5.56 Å². The number of hydrogen-bond donors (Lipinski definition) is 1. The monoisotopic (exact) mass is 210 g/mol. The molecule has 0 aromatic carbocycles. The lowest BCUT2D eigenvalue weighted by molar-refractivity contribution is 0.0698. The molecule has 0 saturated heterocycles. The third-order valence-electron chi connectivity index (χ3n) is 2.04. The first-order chi connectivity index (χ1) is 6.61. The van der Waals surface area contributed by atoms with Gasteiger partial charge in [0.1, 0.15) is 11.1 Å². The van der Waals surface area contributed by atoms with Gasteiger partial charge >= 0.3 is 5.97 Å². The maximum absolute atomic E-state index is 10.8. The lowest BCUT2D eigenvalue weighted by atomic mass is 10.3. The molecule has 0 bridgehead atoms. The molecule has 0 aliphatic rings. The van der Waals surface area contributed by atoms with Crippen molar-refractivity contribution in [2.24, 2.45) is 7.05 Å². The van der Waals surface area contributed by atoms with Crippen LogP contribution < -0.4 is 0 Å². The van der Waals surface area contributed by atoms with Crippen LogP contribution in [0.1, 0.15) is 10.4 Å². The summed E-state index contributed by atoms with van der Waals surface area (Å²) in [5.74, 6) is -0.995. The Hall–Kier alpha value is -1.55. The van der Waals surface area contributed by atoms with Crippen molar-refractivity contribution in [3.05, 3.63) is 29.0 Å². The van der Waals surface area contributed by atoms with E-state index < -0.39 is 5.97 Å². The summed E-state index contributed by atoms with van der Waals surface area (Å²) in [6.07, 6.45) is 3.00. The van der Waals surface area contributed by atoms with Gasteiger partial charge in [-0.2, -0.15) is 0 Å². The Balaban J connectivity index is 2.91. The summed E-state index contributed by atoms with van der Waals surface area (Å²) >= 11 is 5.93. The van der Waals surface area contributed by atoms with Gasteiger partial charge in [0.15, 0.2) is 0 Å². The summed E-state index contributed by atoms with van der Waals surface area (Å²) in [6, 6.07) is 1.63. The van der Waals surface area contributed by atoms with Crippen LogP contribution >= 0.6 is 11.6 Å². The molecule has 1 N–H and O–H groups in total. The first-order valence-electron chi connectivity index (χ1n) is 3.94. The van der Waals surface area contributed by atoms with E-state index in [1.807, 2.05) is 0 Å². The highest BCUT2D eigenvalue weighted by Gasteiger charge is 2.15. The molecule has 5 heteroatoms. The smallest absolute Gasteiger partial charge is 0.339 e. The molecular weight excluding hydrogens is 204 g/mol. The van der Waals surface area contributed by atoms with Crippen molar-refractivity contribution in [2.75, 3.05) is 0 Å². The van der Waals surface area contributed by atoms with Gasteiger partial charge in [-0.1, -0.05) is 11.6 Å². The summed E-state index contributed by atoms with van der Waals surface area (Å²) in [6.45, 7) is 0. The lowest BCUT2D eigenvalue weighted by Crippen LogP contribution is -1.94. The van der Waals surface area contributed by atoms with E-state index in [4.69, 9.17) is 16.7 Å². The molecule has 0 fully saturated rings. The van der Waals surface area contributed by atoms with Crippen molar-refractivity contribution < 1.29 is 9.90 Å². The molecule has 72 valence electrons. The van der Waals surface area contributed by atoms with Crippen LogP contribution in [-0.2, 0) is 7.05 Å². The van der Waals surface area contributed by atoms with E-state index in [9.17, 15) is 4.79 Å². The number of fused-ring (bicyclic) bond motifs is 1. The van der Waals surface area contributed by atoms with Crippen LogP contribution in [0, 0.1) is 0 Å². The minimum atomic E-state index is -0.995. The minimum absolute atomic E-state index is 0.171. The van der Waals surface area contributed by atoms with Gasteiger partial charge in [-0.3, -0.25) is 4.98 Å². The molecule has 0 atom stereocenters. The van der Waals surface area contributed by atoms with Crippen molar-refractivity contribution in [1.82, 2.24) is 9.55 Å². The van der Waals surface area contributed by atoms with E-state index in [2.05, 4.69) is 4.98 Å². The summed E-state index contributed by atoms with van der Waals surface area (Å²) in [4.78, 5) is 14.8. The molecule has 2 aromatic rings. The number of carboxylic acids is 1. The first kappa shape index (κ1) is 9.02. The van der Waals surface area contributed by atoms with Crippen LogP contribution in [0.25, 0.3) is 11.0 Å². The van der Waals surface area contributed by atoms with Crippen molar-refractivity contribution >= 4 is 28.6 Å². The fourth-order valence-electron chi connectivity index (χ4n) is 1.44. The zero-order chi connectivity index (χ0) is 10.3. The number of rotatable bonds is 1. The summed E-state index contributed by atoms with van der Waals surface area (Å²) in [5, 5.41) is 9.40. The highest BCUT2D eigenvalue weighted by atomic mass is 35.5. The van der Waals surface area contributed by atoms with Crippen LogP contribution in [-0.4, -0.2) is 20.6 Å². The van der Waals surface area contributed by atoms with Crippen molar-refractivity contribution in [2.45, 2.75) is 0 Å². The van der Waals surface area contributed by atoms with E-state index in [1.54, 1.807) is 17.7 Å². The van der Waals surface area contributed by atoms with Crippen molar-refractivity contribution in [3.8, 4) is 0 Å². The third-order valence-corrected chi connectivity index (χ3v) is 2.34. The Morgan fingerprint density at radius 3 is 3.00 bits per heavy atom. The van der Waals surface area contributed by atoms with Gasteiger partial charge in [-0.05, 0) is 6.07 Å². The number of pyridine rings is 1. The van der Waals surface area contributed by atoms with E-state index in [0.717, 1.165) is 0 Å². The number of carbonyl (C=O) groups is 1. The second-order valence-electron chi connectivity index (χ2n) is 2.95. The molecule has 2 aromatic heterocycles. The van der Waals surface area contributed by atoms with Crippen LogP contribution in [0.4, 0.5) is 0 Å². The largest absolute Gasteiger partial charge is 0.478 e. The summed E-state index contributed by atoms with van der Waals surface area (Å²) in [5.41, 5.74) is 1.24. The number of aromatic carboxylic acids is 1. The van der Waals surface area contributed by atoms with E-state index in [0.29, 0.717) is 16.1 Å². The molecule has 0 spiro atoms. The second-order valence-corrected chi connectivity index (χ2v) is 3.36. The molecule has 2 rings (SSSR count). The van der Waals surface area contributed by atoms with E-state index in [1.165, 1.54) is 12.4 Å². The average Bonchev–Trinajstić information content (AvgIpc) is 2.45. The Morgan fingerprint density at radius 1 is 1.64 bits per heavy atom. The molecule has 0 saturated carbocycles.